The van der Waals surface area contributed by atoms with Crippen molar-refractivity contribution in [3.05, 3.63) is 50.6 Å². The Morgan fingerprint density at radius 2 is 2.12 bits per heavy atom. The predicted molar refractivity (Wildman–Crippen MR) is 123 cm³/mol. The molecule has 0 aliphatic carbocycles. The molecule has 1 aromatic heterocycles. The van der Waals surface area contributed by atoms with Gasteiger partial charge >= 0.3 is 0 Å². The largest absolute Gasteiger partial charge is 0.496 e. The van der Waals surface area contributed by atoms with Crippen molar-refractivity contribution in [3.8, 4) is 5.75 Å². The summed E-state index contributed by atoms with van der Waals surface area (Å²) in [6.45, 7) is 5.38. The van der Waals surface area contributed by atoms with E-state index in [0.717, 1.165) is 27.9 Å². The van der Waals surface area contributed by atoms with Gasteiger partial charge in [-0.05, 0) is 54.4 Å². The fourth-order valence-corrected chi connectivity index (χ4v) is 3.50. The van der Waals surface area contributed by atoms with Gasteiger partial charge in [0.15, 0.2) is 5.96 Å². The minimum Gasteiger partial charge on any atom is -0.496 e. The number of aliphatic hydroxyl groups is 1. The minimum atomic E-state index is -0.955. The molecule has 0 aliphatic heterocycles. The monoisotopic (exact) mass is 553 g/mol. The van der Waals surface area contributed by atoms with Crippen molar-refractivity contribution in [1.82, 2.24) is 10.6 Å². The average Bonchev–Trinajstić information content (AvgIpc) is 3.13. The number of benzene rings is 1. The number of halogens is 2. The Bertz CT molecular complexity index is 708. The van der Waals surface area contributed by atoms with E-state index in [1.807, 2.05) is 41.9 Å². The van der Waals surface area contributed by atoms with Gasteiger partial charge in [0, 0.05) is 16.6 Å². The van der Waals surface area contributed by atoms with Gasteiger partial charge in [-0.1, -0.05) is 15.9 Å². The molecule has 2 aromatic rings. The maximum Gasteiger partial charge on any atom is 0.191 e. The highest BCUT2D eigenvalue weighted by Gasteiger charge is 2.23. The molecule has 0 fully saturated rings. The zero-order chi connectivity index (χ0) is 18.3. The van der Waals surface area contributed by atoms with E-state index in [0.29, 0.717) is 19.0 Å². The summed E-state index contributed by atoms with van der Waals surface area (Å²) in [5.74, 6) is 1.45. The van der Waals surface area contributed by atoms with Crippen LogP contribution in [-0.4, -0.2) is 31.3 Å². The maximum absolute atomic E-state index is 10.6. The van der Waals surface area contributed by atoms with Gasteiger partial charge in [0.1, 0.15) is 11.4 Å². The molecule has 2 rings (SSSR count). The van der Waals surface area contributed by atoms with Crippen LogP contribution in [0.25, 0.3) is 0 Å². The zero-order valence-electron chi connectivity index (χ0n) is 15.1. The van der Waals surface area contributed by atoms with Gasteiger partial charge in [-0.2, -0.15) is 11.3 Å². The lowest BCUT2D eigenvalue weighted by atomic mass is 9.99. The summed E-state index contributed by atoms with van der Waals surface area (Å²) < 4.78 is 6.37. The molecule has 0 aliphatic rings. The van der Waals surface area contributed by atoms with E-state index >= 15 is 0 Å². The van der Waals surface area contributed by atoms with Crippen LogP contribution in [0, 0.1) is 0 Å². The summed E-state index contributed by atoms with van der Waals surface area (Å²) in [4.78, 5) is 4.60. The quantitative estimate of drug-likeness (QED) is 0.274. The molecule has 1 aromatic carbocycles. The van der Waals surface area contributed by atoms with E-state index < -0.39 is 5.60 Å². The number of methoxy groups -OCH3 is 1. The van der Waals surface area contributed by atoms with Gasteiger partial charge in [0.05, 0.1) is 20.2 Å². The number of rotatable bonds is 7. The molecule has 1 heterocycles. The van der Waals surface area contributed by atoms with Gasteiger partial charge in [-0.3, -0.25) is 0 Å². The normalized spacial score (nSPS) is 13.5. The first-order chi connectivity index (χ1) is 12.0. The molecular weight excluding hydrogens is 529 g/mol. The second-order valence-electron chi connectivity index (χ2n) is 5.79. The number of hydrogen-bond donors (Lipinski definition) is 3. The first-order valence-electron chi connectivity index (χ1n) is 8.06. The van der Waals surface area contributed by atoms with E-state index in [4.69, 9.17) is 4.74 Å². The Morgan fingerprint density at radius 1 is 1.35 bits per heavy atom. The van der Waals surface area contributed by atoms with Crippen molar-refractivity contribution in [2.75, 3.05) is 20.2 Å². The lowest BCUT2D eigenvalue weighted by Crippen LogP contribution is -2.44. The van der Waals surface area contributed by atoms with Gasteiger partial charge in [0.25, 0.3) is 0 Å². The first kappa shape index (κ1) is 23.2. The summed E-state index contributed by atoms with van der Waals surface area (Å²) in [7, 11) is 1.65. The molecule has 0 spiro atoms. The van der Waals surface area contributed by atoms with E-state index in [9.17, 15) is 5.11 Å². The van der Waals surface area contributed by atoms with Gasteiger partial charge in [-0.15, -0.1) is 24.0 Å². The summed E-state index contributed by atoms with van der Waals surface area (Å²) >= 11 is 5.05. The third-order valence-corrected chi connectivity index (χ3v) is 4.91. The lowest BCUT2D eigenvalue weighted by Gasteiger charge is -2.24. The molecule has 3 N–H and O–H groups in total. The second-order valence-corrected chi connectivity index (χ2v) is 7.49. The Morgan fingerprint density at radius 3 is 2.73 bits per heavy atom. The maximum atomic E-state index is 10.6. The minimum absolute atomic E-state index is 0. The van der Waals surface area contributed by atoms with Gasteiger partial charge in [0.2, 0.25) is 0 Å². The molecule has 0 amide bonds. The van der Waals surface area contributed by atoms with Crippen molar-refractivity contribution in [2.45, 2.75) is 26.0 Å². The molecule has 0 saturated heterocycles. The van der Waals surface area contributed by atoms with Crippen LogP contribution in [0.2, 0.25) is 0 Å². The number of ether oxygens (including phenoxy) is 1. The van der Waals surface area contributed by atoms with Crippen molar-refractivity contribution < 1.29 is 9.84 Å². The average molecular weight is 554 g/mol. The molecular formula is C18H25BrIN3O2S. The summed E-state index contributed by atoms with van der Waals surface area (Å²) in [5.41, 5.74) is 0.928. The van der Waals surface area contributed by atoms with Crippen molar-refractivity contribution in [1.29, 1.82) is 0 Å². The molecule has 1 unspecified atom stereocenters. The molecule has 0 saturated carbocycles. The van der Waals surface area contributed by atoms with Crippen LogP contribution in [0.4, 0.5) is 0 Å². The van der Waals surface area contributed by atoms with E-state index in [1.165, 1.54) is 0 Å². The molecule has 5 nitrogen and oxygen atoms in total. The Balaban J connectivity index is 0.00000338. The second kappa shape index (κ2) is 11.1. The third-order valence-electron chi connectivity index (χ3n) is 3.74. The van der Waals surface area contributed by atoms with Crippen molar-refractivity contribution in [2.24, 2.45) is 4.99 Å². The van der Waals surface area contributed by atoms with E-state index in [-0.39, 0.29) is 24.0 Å². The molecule has 26 heavy (non-hydrogen) atoms. The number of nitrogens with zero attached hydrogens (tertiary/aromatic N) is 1. The van der Waals surface area contributed by atoms with Crippen molar-refractivity contribution >= 4 is 57.2 Å². The SMILES string of the molecule is CCNC(=NCc1cc(Br)ccc1OC)NCC(C)(O)c1ccsc1.I. The fraction of sp³-hybridized carbons (Fsp3) is 0.389. The number of aliphatic imine (C=N–C) groups is 1. The summed E-state index contributed by atoms with van der Waals surface area (Å²) in [5, 5.41) is 21.0. The molecule has 0 bridgehead atoms. The molecule has 8 heteroatoms. The Labute approximate surface area is 184 Å². The highest BCUT2D eigenvalue weighted by Crippen LogP contribution is 2.24. The lowest BCUT2D eigenvalue weighted by molar-refractivity contribution is 0.0621. The van der Waals surface area contributed by atoms with E-state index in [1.54, 1.807) is 25.4 Å². The summed E-state index contributed by atoms with van der Waals surface area (Å²) in [6.07, 6.45) is 0. The fourth-order valence-electron chi connectivity index (χ4n) is 2.31. The molecule has 1 atom stereocenters. The van der Waals surface area contributed by atoms with Crippen LogP contribution in [0.3, 0.4) is 0 Å². The van der Waals surface area contributed by atoms with Crippen LogP contribution in [0.15, 0.2) is 44.5 Å². The van der Waals surface area contributed by atoms with E-state index in [2.05, 4.69) is 31.6 Å². The Hall–Kier alpha value is -0.840. The predicted octanol–water partition coefficient (Wildman–Crippen LogP) is 4.10. The topological polar surface area (TPSA) is 65.9 Å². The first-order valence-corrected chi connectivity index (χ1v) is 9.79. The zero-order valence-corrected chi connectivity index (χ0v) is 19.8. The Kier molecular flexibility index (Phi) is 9.91. The van der Waals surface area contributed by atoms with Gasteiger partial charge < -0.3 is 20.5 Å². The van der Waals surface area contributed by atoms with Crippen LogP contribution >= 0.6 is 51.2 Å². The van der Waals surface area contributed by atoms with Crippen LogP contribution < -0.4 is 15.4 Å². The number of thiophene rings is 1. The highest BCUT2D eigenvalue weighted by atomic mass is 127. The number of nitrogens with one attached hydrogen (secondary N) is 2. The summed E-state index contributed by atoms with van der Waals surface area (Å²) in [6, 6.07) is 7.78. The highest BCUT2D eigenvalue weighted by molar-refractivity contribution is 14.0. The number of guanidine groups is 1. The number of hydrogen-bond acceptors (Lipinski definition) is 4. The van der Waals surface area contributed by atoms with Crippen LogP contribution in [0.5, 0.6) is 5.75 Å². The molecule has 144 valence electrons. The van der Waals surface area contributed by atoms with Crippen LogP contribution in [0.1, 0.15) is 25.0 Å². The van der Waals surface area contributed by atoms with Gasteiger partial charge in [-0.25, -0.2) is 4.99 Å². The van der Waals surface area contributed by atoms with Crippen LogP contribution in [-0.2, 0) is 12.1 Å². The standard InChI is InChI=1S/C18H24BrN3O2S.HI/c1-4-20-17(22-12-18(2,23)14-7-8-25-11-14)21-10-13-9-15(19)5-6-16(13)24-3;/h5-9,11,23H,4,10,12H2,1-3H3,(H2,20,21,22);1H. The smallest absolute Gasteiger partial charge is 0.191 e. The molecule has 0 radical (unpaired) electrons. The third kappa shape index (κ3) is 6.71. The van der Waals surface area contributed by atoms with Crippen molar-refractivity contribution in [3.63, 3.8) is 0 Å².